The second kappa shape index (κ2) is 36.7. The summed E-state index contributed by atoms with van der Waals surface area (Å²) < 4.78 is 0. The van der Waals surface area contributed by atoms with E-state index in [-0.39, 0.29) is 68.5 Å². The first-order chi connectivity index (χ1) is 41.1. The van der Waals surface area contributed by atoms with Gasteiger partial charge in [-0.3, -0.25) is 9.98 Å². The molecule has 6 nitrogen and oxygen atoms in total. The number of benzene rings is 4. The van der Waals surface area contributed by atoms with Gasteiger partial charge in [-0.1, -0.05) is 334 Å². The van der Waals surface area contributed by atoms with Gasteiger partial charge in [-0.15, -0.1) is 11.4 Å². The molecule has 0 amide bonds. The van der Waals surface area contributed by atoms with Crippen molar-refractivity contribution < 1.29 is 33.0 Å². The molecule has 6 rings (SSSR count). The number of hydrogen-bond acceptors (Lipinski definition) is 2. The van der Waals surface area contributed by atoms with E-state index in [2.05, 4.69) is 303 Å². The second-order valence-corrected chi connectivity index (χ2v) is 28.6. The molecule has 0 aromatic heterocycles. The van der Waals surface area contributed by atoms with Crippen LogP contribution in [0.4, 0.5) is 22.7 Å². The Morgan fingerprint density at radius 2 is 0.511 bits per heavy atom. The van der Waals surface area contributed by atoms with Crippen LogP contribution in [0.2, 0.25) is 0 Å². The predicted molar refractivity (Wildman–Crippen MR) is 393 cm³/mol. The summed E-state index contributed by atoms with van der Waals surface area (Å²) in [7, 11) is 0. The van der Waals surface area contributed by atoms with Crippen LogP contribution in [-0.2, 0) is 33.0 Å². The molecule has 0 saturated heterocycles. The molecule has 494 valence electrons. The first kappa shape index (κ1) is 80.7. The van der Waals surface area contributed by atoms with Crippen molar-refractivity contribution in [2.75, 3.05) is 0 Å². The van der Waals surface area contributed by atoms with Crippen LogP contribution in [0, 0.1) is 35.5 Å². The molecular weight excluding hydrogens is 1190 g/mol. The van der Waals surface area contributed by atoms with E-state index in [1.54, 1.807) is 0 Å². The van der Waals surface area contributed by atoms with Crippen molar-refractivity contribution in [3.05, 3.63) is 209 Å². The van der Waals surface area contributed by atoms with Gasteiger partial charge in [-0.05, 0) is 107 Å². The molecule has 0 saturated carbocycles. The molecule has 0 radical (unpaired) electrons. The van der Waals surface area contributed by atoms with E-state index in [4.69, 9.17) is 20.6 Å². The molecule has 2 aliphatic carbocycles. The van der Waals surface area contributed by atoms with E-state index in [1.807, 2.05) is 0 Å². The summed E-state index contributed by atoms with van der Waals surface area (Å²) >= 11 is 0. The minimum atomic E-state index is 0. The summed E-state index contributed by atoms with van der Waals surface area (Å²) in [6, 6.07) is 26.3. The number of para-hydroxylation sites is 4. The standard InChI is InChI=1S/2C29H41N2.C24H34N2.2Ni/c2*1-18(2)24-13-11-14-25(19(3)4)28(24)30-22(9)17-23(10)31-29-26(20(5)6)15-12-16-27(29)21(7)8;1-13(2)19-9-17(10-20(14(3)4)23(19)25)18-11-21(15(5)6)24(26)22(12-18)16(7)8;;/h2*11-21H,1-10H3;9-18H,1-8H3;;/q2*-1;-2;2*+2/b2*22-17+,31-23?;;;. The van der Waals surface area contributed by atoms with Crippen LogP contribution in [0.25, 0.3) is 21.5 Å². The minimum Gasteiger partial charge on any atom is -0.803 e. The van der Waals surface area contributed by atoms with Crippen molar-refractivity contribution >= 4 is 45.6 Å². The molecule has 0 aliphatic heterocycles. The largest absolute Gasteiger partial charge is 2.00 e. The van der Waals surface area contributed by atoms with Crippen molar-refractivity contribution in [3.63, 3.8) is 0 Å². The maximum Gasteiger partial charge on any atom is 2.00 e. The van der Waals surface area contributed by atoms with Crippen LogP contribution in [0.3, 0.4) is 0 Å². The summed E-state index contributed by atoms with van der Waals surface area (Å²) in [4.78, 5) is 10.2. The summed E-state index contributed by atoms with van der Waals surface area (Å²) in [6.07, 6.45) is 13.1. The van der Waals surface area contributed by atoms with E-state index in [0.717, 1.165) is 67.9 Å². The summed E-state index contributed by atoms with van der Waals surface area (Å²) in [6.45, 7) is 61.2. The van der Waals surface area contributed by atoms with Gasteiger partial charge in [0.1, 0.15) is 0 Å². The van der Waals surface area contributed by atoms with Crippen LogP contribution in [-0.4, -0.2) is 22.8 Å². The van der Waals surface area contributed by atoms with Crippen LogP contribution >= 0.6 is 0 Å². The van der Waals surface area contributed by atoms with Crippen LogP contribution in [0.1, 0.15) is 286 Å². The molecule has 0 bridgehead atoms. The Bertz CT molecular complexity index is 2920. The number of nitrogens with zero attached hydrogens (tertiary/aromatic N) is 6. The van der Waals surface area contributed by atoms with Crippen molar-refractivity contribution in [2.45, 2.75) is 241 Å². The molecule has 0 unspecified atom stereocenters. The van der Waals surface area contributed by atoms with Crippen LogP contribution in [0.15, 0.2) is 153 Å². The van der Waals surface area contributed by atoms with Crippen molar-refractivity contribution in [1.29, 1.82) is 0 Å². The monoisotopic (exact) mass is 1300 g/mol. The first-order valence-corrected chi connectivity index (χ1v) is 33.5. The SMILES string of the molecule is CC(/C=C(\C)[N-]c1c(C(C)C)cccc1C(C)C)=Nc1c(C(C)C)cccc1C(C)C.CC(/C=C(\C)[N-]c1c(C(C)C)cccc1C(C)C)=Nc1c(C(C)C)cccc1C(C)C.CC(C)C1=CC(C2C=C(C(C)C)C(=[N-])C(C(C)C)=C2)C=C(C(C)C)C1=[N-].[Ni+2].[Ni+2]. The molecule has 0 heterocycles. The summed E-state index contributed by atoms with van der Waals surface area (Å²) in [5.74, 6) is 5.03. The van der Waals surface area contributed by atoms with Crippen LogP contribution < -0.4 is 0 Å². The van der Waals surface area contributed by atoms with E-state index >= 15 is 0 Å². The Morgan fingerprint density at radius 1 is 0.322 bits per heavy atom. The zero-order chi connectivity index (χ0) is 66.3. The van der Waals surface area contributed by atoms with Gasteiger partial charge in [-0.2, -0.15) is 22.8 Å². The maximum atomic E-state index is 10.7. The Hall–Kier alpha value is -5.41. The fourth-order valence-corrected chi connectivity index (χ4v) is 11.9. The third-order valence-corrected chi connectivity index (χ3v) is 16.9. The second-order valence-electron chi connectivity index (χ2n) is 28.6. The molecule has 4 aromatic rings. The van der Waals surface area contributed by atoms with Gasteiger partial charge in [0, 0.05) is 23.3 Å². The average Bonchev–Trinajstić information content (AvgIpc) is 3.42. The van der Waals surface area contributed by atoms with Gasteiger partial charge >= 0.3 is 33.0 Å². The van der Waals surface area contributed by atoms with E-state index in [0.29, 0.717) is 58.8 Å². The van der Waals surface area contributed by atoms with Gasteiger partial charge in [0.05, 0.1) is 11.4 Å². The quantitative estimate of drug-likeness (QED) is 0.0587. The fourth-order valence-electron chi connectivity index (χ4n) is 11.9. The van der Waals surface area contributed by atoms with Gasteiger partial charge in [0.15, 0.2) is 0 Å². The van der Waals surface area contributed by atoms with Crippen LogP contribution in [0.5, 0.6) is 0 Å². The Morgan fingerprint density at radius 3 is 0.689 bits per heavy atom. The van der Waals surface area contributed by atoms with Gasteiger partial charge in [-0.25, -0.2) is 0 Å². The van der Waals surface area contributed by atoms with E-state index < -0.39 is 0 Å². The number of aliphatic imine (C=N–C) groups is 2. The molecule has 90 heavy (non-hydrogen) atoms. The summed E-state index contributed by atoms with van der Waals surface area (Å²) in [5, 5.41) is 31.6. The Labute approximate surface area is 570 Å². The normalized spacial score (nSPS) is 14.8. The number of rotatable bonds is 21. The first-order valence-electron chi connectivity index (χ1n) is 33.5. The minimum absolute atomic E-state index is 0. The zero-order valence-corrected chi connectivity index (χ0v) is 62.8. The molecule has 2 aliphatic rings. The van der Waals surface area contributed by atoms with E-state index in [1.165, 1.54) is 44.5 Å². The number of allylic oxidation sites excluding steroid dienone is 12. The topological polar surface area (TPSA) is 97.5 Å². The zero-order valence-electron chi connectivity index (χ0n) is 60.8. The van der Waals surface area contributed by atoms with Gasteiger partial charge in [0.25, 0.3) is 0 Å². The Balaban J connectivity index is 0.000000457. The average molecular weight is 1300 g/mol. The summed E-state index contributed by atoms with van der Waals surface area (Å²) in [5.41, 5.74) is 24.0. The molecule has 0 atom stereocenters. The maximum absolute atomic E-state index is 10.7. The third-order valence-electron chi connectivity index (χ3n) is 16.9. The predicted octanol–water partition coefficient (Wildman–Crippen LogP) is 26.4. The molecule has 0 N–H and O–H groups in total. The van der Waals surface area contributed by atoms with Gasteiger partial charge in [0.2, 0.25) is 0 Å². The molecule has 4 aromatic carbocycles. The number of hydrogen-bond donors (Lipinski definition) is 0. The smallest absolute Gasteiger partial charge is 0.803 e. The molecule has 0 fully saturated rings. The van der Waals surface area contributed by atoms with Crippen molar-refractivity contribution in [2.24, 2.45) is 45.5 Å². The van der Waals surface area contributed by atoms with E-state index in [9.17, 15) is 10.8 Å². The fraction of sp³-hybridized carbons (Fsp3) is 0.512. The molecule has 0 spiro atoms. The van der Waals surface area contributed by atoms with Crippen molar-refractivity contribution in [3.8, 4) is 0 Å². The van der Waals surface area contributed by atoms with Crippen molar-refractivity contribution in [1.82, 2.24) is 0 Å². The molecular formula is C82H116N6Ni2. The third kappa shape index (κ3) is 21.9. The Kier molecular flexibility index (Phi) is 32.9. The van der Waals surface area contributed by atoms with Gasteiger partial charge < -0.3 is 21.5 Å². The molecule has 8 heteroatoms.